The third kappa shape index (κ3) is 3.52. The highest BCUT2D eigenvalue weighted by molar-refractivity contribution is 7.89. The fourth-order valence-electron chi connectivity index (χ4n) is 1.94. The molecule has 0 saturated carbocycles. The van der Waals surface area contributed by atoms with E-state index in [1.165, 1.54) is 43.5 Å². The average Bonchev–Trinajstić information content (AvgIpc) is 2.52. The van der Waals surface area contributed by atoms with Crippen molar-refractivity contribution >= 4 is 21.5 Å². The first kappa shape index (κ1) is 16.6. The number of nitrogens with two attached hydrogens (primary N) is 1. The van der Waals surface area contributed by atoms with E-state index in [2.05, 4.69) is 0 Å². The molecule has 0 aliphatic rings. The van der Waals surface area contributed by atoms with Gasteiger partial charge in [0, 0.05) is 23.3 Å². The first-order valence-corrected chi connectivity index (χ1v) is 7.78. The Balaban J connectivity index is 2.45. The van der Waals surface area contributed by atoms with Gasteiger partial charge in [-0.1, -0.05) is 0 Å². The van der Waals surface area contributed by atoms with Crippen molar-refractivity contribution in [2.24, 2.45) is 5.14 Å². The summed E-state index contributed by atoms with van der Waals surface area (Å²) in [6.45, 7) is 0. The van der Waals surface area contributed by atoms with E-state index in [0.29, 0.717) is 0 Å². The summed E-state index contributed by atoms with van der Waals surface area (Å²) in [7, 11) is -2.79. The quantitative estimate of drug-likeness (QED) is 0.500. The zero-order valence-corrected chi connectivity index (χ0v) is 12.7. The van der Waals surface area contributed by atoms with E-state index >= 15 is 0 Å². The second-order valence-electron chi connectivity index (χ2n) is 4.54. The number of non-ortho nitro benzene ring substituents is 1. The van der Waals surface area contributed by atoms with Crippen LogP contribution in [0.3, 0.4) is 0 Å². The van der Waals surface area contributed by atoms with Gasteiger partial charge in [-0.15, -0.1) is 0 Å². The Morgan fingerprint density at radius 2 is 1.70 bits per heavy atom. The van der Waals surface area contributed by atoms with E-state index < -0.39 is 20.7 Å². The molecule has 0 amide bonds. The average molecular weight is 336 g/mol. The third-order valence-electron chi connectivity index (χ3n) is 3.07. The second-order valence-corrected chi connectivity index (χ2v) is 6.07. The van der Waals surface area contributed by atoms with Gasteiger partial charge in [-0.05, 0) is 30.3 Å². The van der Waals surface area contributed by atoms with Crippen LogP contribution in [0.1, 0.15) is 15.9 Å². The maximum Gasteiger partial charge on any atom is 0.269 e. The highest BCUT2D eigenvalue weighted by atomic mass is 32.2. The Hall–Kier alpha value is -2.78. The number of primary sulfonamides is 1. The number of benzene rings is 2. The molecule has 8 nitrogen and oxygen atoms in total. The van der Waals surface area contributed by atoms with Gasteiger partial charge in [-0.3, -0.25) is 14.9 Å². The Labute approximate surface area is 131 Å². The largest absolute Gasteiger partial charge is 0.495 e. The summed E-state index contributed by atoms with van der Waals surface area (Å²) in [6, 6.07) is 8.78. The van der Waals surface area contributed by atoms with Gasteiger partial charge in [0.1, 0.15) is 10.6 Å². The minimum atomic E-state index is -4.07. The van der Waals surface area contributed by atoms with Gasteiger partial charge >= 0.3 is 0 Å². The number of nitro groups is 1. The number of nitrogens with zero attached hydrogens (tertiary/aromatic N) is 1. The molecule has 2 rings (SSSR count). The molecule has 0 aliphatic heterocycles. The highest BCUT2D eigenvalue weighted by Gasteiger charge is 2.19. The van der Waals surface area contributed by atoms with Crippen LogP contribution in [0.5, 0.6) is 5.75 Å². The van der Waals surface area contributed by atoms with Crippen LogP contribution in [0.4, 0.5) is 5.69 Å². The van der Waals surface area contributed by atoms with E-state index in [-0.39, 0.29) is 27.5 Å². The van der Waals surface area contributed by atoms with Gasteiger partial charge < -0.3 is 4.74 Å². The molecule has 0 aliphatic carbocycles. The number of sulfonamides is 1. The molecule has 0 bridgehead atoms. The summed E-state index contributed by atoms with van der Waals surface area (Å²) >= 11 is 0. The molecule has 0 fully saturated rings. The molecule has 0 saturated heterocycles. The zero-order valence-electron chi connectivity index (χ0n) is 11.9. The van der Waals surface area contributed by atoms with Crippen molar-refractivity contribution in [1.29, 1.82) is 0 Å². The molecule has 0 aromatic heterocycles. The molecule has 9 heteroatoms. The first-order valence-electron chi connectivity index (χ1n) is 6.24. The lowest BCUT2D eigenvalue weighted by molar-refractivity contribution is -0.384. The number of rotatable bonds is 5. The predicted molar refractivity (Wildman–Crippen MR) is 80.9 cm³/mol. The van der Waals surface area contributed by atoms with Crippen LogP contribution in [0.25, 0.3) is 0 Å². The Morgan fingerprint density at radius 1 is 1.13 bits per heavy atom. The minimum absolute atomic E-state index is 0.0211. The third-order valence-corrected chi connectivity index (χ3v) is 4.00. The number of methoxy groups -OCH3 is 1. The lowest BCUT2D eigenvalue weighted by atomic mass is 10.0. The van der Waals surface area contributed by atoms with E-state index in [0.717, 1.165) is 6.07 Å². The lowest BCUT2D eigenvalue weighted by Crippen LogP contribution is -2.14. The van der Waals surface area contributed by atoms with Gasteiger partial charge in [-0.2, -0.15) is 0 Å². The van der Waals surface area contributed by atoms with E-state index in [9.17, 15) is 23.3 Å². The first-order chi connectivity index (χ1) is 10.7. The summed E-state index contributed by atoms with van der Waals surface area (Å²) in [4.78, 5) is 22.1. The molecule has 0 atom stereocenters. The molecule has 0 heterocycles. The van der Waals surface area contributed by atoms with Crippen molar-refractivity contribution in [3.8, 4) is 5.75 Å². The predicted octanol–water partition coefficient (Wildman–Crippen LogP) is 1.48. The highest BCUT2D eigenvalue weighted by Crippen LogP contribution is 2.25. The molecule has 0 unspecified atom stereocenters. The molecule has 2 aromatic rings. The molecule has 2 N–H and O–H groups in total. The Morgan fingerprint density at radius 3 is 2.17 bits per heavy atom. The summed E-state index contributed by atoms with van der Waals surface area (Å²) in [5, 5.41) is 15.7. The summed E-state index contributed by atoms with van der Waals surface area (Å²) in [6.07, 6.45) is 0. The standard InChI is InChI=1S/C14H12N2O6S/c1-22-12-7-4-10(8-13(12)23(15,20)21)14(17)9-2-5-11(6-3-9)16(18)19/h2-8H,1H3,(H2,15,20,21). The van der Waals surface area contributed by atoms with Crippen LogP contribution in [0, 0.1) is 10.1 Å². The fourth-order valence-corrected chi connectivity index (χ4v) is 2.66. The smallest absolute Gasteiger partial charge is 0.269 e. The number of ether oxygens (including phenoxy) is 1. The van der Waals surface area contributed by atoms with Gasteiger partial charge in [0.15, 0.2) is 5.78 Å². The van der Waals surface area contributed by atoms with Gasteiger partial charge in [0.2, 0.25) is 10.0 Å². The monoisotopic (exact) mass is 336 g/mol. The van der Waals surface area contributed by atoms with E-state index in [1.807, 2.05) is 0 Å². The number of carbonyl (C=O) groups excluding carboxylic acids is 1. The van der Waals surface area contributed by atoms with E-state index in [1.54, 1.807) is 0 Å². The van der Waals surface area contributed by atoms with Crippen LogP contribution in [-0.2, 0) is 10.0 Å². The van der Waals surface area contributed by atoms with Crippen LogP contribution in [-0.4, -0.2) is 26.2 Å². The van der Waals surface area contributed by atoms with Crippen molar-refractivity contribution < 1.29 is 22.9 Å². The molecular weight excluding hydrogens is 324 g/mol. The van der Waals surface area contributed by atoms with Gasteiger partial charge in [0.05, 0.1) is 12.0 Å². The number of hydrogen-bond acceptors (Lipinski definition) is 6. The van der Waals surface area contributed by atoms with Crippen molar-refractivity contribution in [2.75, 3.05) is 7.11 Å². The van der Waals surface area contributed by atoms with Crippen molar-refractivity contribution in [3.63, 3.8) is 0 Å². The van der Waals surface area contributed by atoms with Crippen LogP contribution in [0.15, 0.2) is 47.4 Å². The van der Waals surface area contributed by atoms with Crippen LogP contribution >= 0.6 is 0 Å². The number of hydrogen-bond donors (Lipinski definition) is 1. The lowest BCUT2D eigenvalue weighted by Gasteiger charge is -2.08. The minimum Gasteiger partial charge on any atom is -0.495 e. The maximum absolute atomic E-state index is 12.4. The molecular formula is C14H12N2O6S. The van der Waals surface area contributed by atoms with Gasteiger partial charge in [-0.25, -0.2) is 13.6 Å². The van der Waals surface area contributed by atoms with E-state index in [4.69, 9.17) is 9.88 Å². The van der Waals surface area contributed by atoms with Crippen LogP contribution < -0.4 is 9.88 Å². The zero-order chi connectivity index (χ0) is 17.2. The molecule has 0 radical (unpaired) electrons. The number of nitro benzene ring substituents is 1. The summed E-state index contributed by atoms with van der Waals surface area (Å²) < 4.78 is 28.0. The number of carbonyl (C=O) groups is 1. The van der Waals surface area contributed by atoms with Crippen molar-refractivity contribution in [3.05, 3.63) is 63.7 Å². The van der Waals surface area contributed by atoms with Crippen LogP contribution in [0.2, 0.25) is 0 Å². The summed E-state index contributed by atoms with van der Waals surface area (Å²) in [5.74, 6) is -0.472. The fraction of sp³-hybridized carbons (Fsp3) is 0.0714. The maximum atomic E-state index is 12.4. The topological polar surface area (TPSA) is 130 Å². The second kappa shape index (κ2) is 6.15. The van der Waals surface area contributed by atoms with Crippen molar-refractivity contribution in [2.45, 2.75) is 4.90 Å². The number of ketones is 1. The van der Waals surface area contributed by atoms with Gasteiger partial charge in [0.25, 0.3) is 5.69 Å². The Bertz CT molecular complexity index is 875. The SMILES string of the molecule is COc1ccc(C(=O)c2ccc([N+](=O)[O-])cc2)cc1S(N)(=O)=O. The molecule has 23 heavy (non-hydrogen) atoms. The molecule has 120 valence electrons. The molecule has 2 aromatic carbocycles. The normalized spacial score (nSPS) is 11.0. The van der Waals surface area contributed by atoms with Crippen molar-refractivity contribution in [1.82, 2.24) is 0 Å². The Kier molecular flexibility index (Phi) is 4.43. The molecule has 0 spiro atoms. The summed E-state index contributed by atoms with van der Waals surface area (Å²) in [5.41, 5.74) is 0.103.